The van der Waals surface area contributed by atoms with Crippen LogP contribution in [0.25, 0.3) is 10.9 Å². The predicted octanol–water partition coefficient (Wildman–Crippen LogP) is 3.87. The molecule has 3 fully saturated rings. The molecule has 0 atom stereocenters. The first-order chi connectivity index (χ1) is 16.6. The Hall–Kier alpha value is -2.80. The summed E-state index contributed by atoms with van der Waals surface area (Å²) in [6.07, 6.45) is 4.29. The van der Waals surface area contributed by atoms with E-state index in [0.29, 0.717) is 23.7 Å². The Bertz CT molecular complexity index is 1240. The number of hydrogen-bond donors (Lipinski definition) is 1. The van der Waals surface area contributed by atoms with Crippen molar-refractivity contribution in [3.05, 3.63) is 46.6 Å². The first-order valence-corrected chi connectivity index (χ1v) is 12.8. The van der Waals surface area contributed by atoms with Gasteiger partial charge in [0.15, 0.2) is 0 Å². The Morgan fingerprint density at radius 2 is 1.91 bits per heavy atom. The molecule has 1 aromatic carbocycles. The van der Waals surface area contributed by atoms with Crippen molar-refractivity contribution in [2.75, 3.05) is 26.2 Å². The molecule has 5 rings (SSSR count). The van der Waals surface area contributed by atoms with E-state index in [1.165, 1.54) is 6.08 Å². The van der Waals surface area contributed by atoms with Crippen molar-refractivity contribution in [2.24, 2.45) is 5.41 Å². The van der Waals surface area contributed by atoms with Crippen LogP contribution in [0, 0.1) is 12.3 Å². The van der Waals surface area contributed by atoms with Gasteiger partial charge < -0.3 is 19.7 Å². The van der Waals surface area contributed by atoms with Crippen molar-refractivity contribution in [2.45, 2.75) is 58.5 Å². The van der Waals surface area contributed by atoms with E-state index in [-0.39, 0.29) is 41.6 Å². The molecule has 8 heteroatoms. The summed E-state index contributed by atoms with van der Waals surface area (Å²) in [5.74, 6) is 0.0760. The van der Waals surface area contributed by atoms with Crippen LogP contribution in [0.4, 0.5) is 0 Å². The lowest BCUT2D eigenvalue weighted by atomic mass is 9.93. The number of amides is 3. The lowest BCUT2D eigenvalue weighted by Gasteiger charge is -2.39. The van der Waals surface area contributed by atoms with Crippen molar-refractivity contribution in [1.29, 1.82) is 0 Å². The van der Waals surface area contributed by atoms with Crippen molar-refractivity contribution < 1.29 is 14.4 Å². The van der Waals surface area contributed by atoms with Gasteiger partial charge in [0.1, 0.15) is 6.54 Å². The van der Waals surface area contributed by atoms with Crippen LogP contribution in [0.5, 0.6) is 0 Å². The molecule has 1 aliphatic carbocycles. The van der Waals surface area contributed by atoms with E-state index in [2.05, 4.69) is 25.7 Å². The molecule has 7 nitrogen and oxygen atoms in total. The molecule has 1 saturated carbocycles. The Kier molecular flexibility index (Phi) is 5.94. The summed E-state index contributed by atoms with van der Waals surface area (Å²) in [4.78, 5) is 42.4. The number of fused-ring (bicyclic) bond motifs is 1. The number of likely N-dealkylation sites (tertiary alicyclic amines) is 2. The molecular formula is C27H33ClN4O3. The molecule has 2 saturated heterocycles. The molecule has 0 bridgehead atoms. The van der Waals surface area contributed by atoms with E-state index in [1.54, 1.807) is 4.90 Å². The zero-order valence-corrected chi connectivity index (χ0v) is 21.5. The van der Waals surface area contributed by atoms with Gasteiger partial charge in [-0.1, -0.05) is 32.0 Å². The minimum atomic E-state index is -0.122. The van der Waals surface area contributed by atoms with Gasteiger partial charge in [0.25, 0.3) is 5.91 Å². The lowest BCUT2D eigenvalue weighted by molar-refractivity contribution is -0.133. The number of aryl methyl sites for hydroxylation is 1. The number of hydrogen-bond acceptors (Lipinski definition) is 3. The molecule has 1 N–H and O–H groups in total. The van der Waals surface area contributed by atoms with Crippen molar-refractivity contribution in [3.8, 4) is 0 Å². The first kappa shape index (κ1) is 23.9. The van der Waals surface area contributed by atoms with Crippen LogP contribution in [0.1, 0.15) is 60.6 Å². The second-order valence-electron chi connectivity index (χ2n) is 11.1. The number of carbonyl (C=O) groups is 3. The SMILES string of the molecule is C=CC(=O)N1CC(NC(=O)Cn2c(C3CC3)c(C(=O)N3CCC(C)(C)C3)c3cc(Cl)cc(C)c32)C1. The van der Waals surface area contributed by atoms with Crippen LogP contribution in [-0.2, 0) is 16.1 Å². The van der Waals surface area contributed by atoms with Crippen LogP contribution in [0.2, 0.25) is 5.02 Å². The third-order valence-corrected chi connectivity index (χ3v) is 7.75. The highest BCUT2D eigenvalue weighted by Gasteiger charge is 2.39. The molecule has 2 aromatic rings. The highest BCUT2D eigenvalue weighted by Crippen LogP contribution is 2.47. The maximum atomic E-state index is 13.9. The summed E-state index contributed by atoms with van der Waals surface area (Å²) in [6, 6.07) is 3.71. The fourth-order valence-electron chi connectivity index (χ4n) is 5.59. The highest BCUT2D eigenvalue weighted by atomic mass is 35.5. The van der Waals surface area contributed by atoms with Crippen molar-refractivity contribution in [1.82, 2.24) is 19.7 Å². The topological polar surface area (TPSA) is 74.6 Å². The average molecular weight is 497 g/mol. The molecule has 3 heterocycles. The molecule has 0 radical (unpaired) electrons. The number of aromatic nitrogens is 1. The van der Waals surface area contributed by atoms with E-state index in [0.717, 1.165) is 54.5 Å². The van der Waals surface area contributed by atoms with Crippen LogP contribution >= 0.6 is 11.6 Å². The number of carbonyl (C=O) groups excluding carboxylic acids is 3. The van der Waals surface area contributed by atoms with Crippen molar-refractivity contribution >= 4 is 40.2 Å². The Balaban J connectivity index is 1.49. The van der Waals surface area contributed by atoms with E-state index in [4.69, 9.17) is 11.6 Å². The Morgan fingerprint density at radius 3 is 2.51 bits per heavy atom. The zero-order chi connectivity index (χ0) is 25.1. The minimum Gasteiger partial charge on any atom is -0.348 e. The van der Waals surface area contributed by atoms with Gasteiger partial charge in [-0.25, -0.2) is 0 Å². The summed E-state index contributed by atoms with van der Waals surface area (Å²) in [5, 5.41) is 4.48. The van der Waals surface area contributed by atoms with Crippen molar-refractivity contribution in [3.63, 3.8) is 0 Å². The van der Waals surface area contributed by atoms with Gasteiger partial charge in [0, 0.05) is 48.2 Å². The highest BCUT2D eigenvalue weighted by molar-refractivity contribution is 6.31. The third kappa shape index (κ3) is 4.46. The maximum Gasteiger partial charge on any atom is 0.256 e. The summed E-state index contributed by atoms with van der Waals surface area (Å²) >= 11 is 6.46. The van der Waals surface area contributed by atoms with Gasteiger partial charge in [-0.2, -0.15) is 0 Å². The van der Waals surface area contributed by atoms with Crippen LogP contribution in [0.3, 0.4) is 0 Å². The summed E-state index contributed by atoms with van der Waals surface area (Å²) in [5.41, 5.74) is 3.64. The predicted molar refractivity (Wildman–Crippen MR) is 137 cm³/mol. The average Bonchev–Trinajstić information content (AvgIpc) is 3.46. The quantitative estimate of drug-likeness (QED) is 0.617. The number of benzene rings is 1. The number of halogens is 1. The summed E-state index contributed by atoms with van der Waals surface area (Å²) in [7, 11) is 0. The van der Waals surface area contributed by atoms with Gasteiger partial charge in [0.05, 0.1) is 17.1 Å². The third-order valence-electron chi connectivity index (χ3n) is 7.53. The van der Waals surface area contributed by atoms with Gasteiger partial charge in [-0.3, -0.25) is 14.4 Å². The number of nitrogens with zero attached hydrogens (tertiary/aromatic N) is 3. The molecule has 0 unspecified atom stereocenters. The summed E-state index contributed by atoms with van der Waals surface area (Å²) in [6.45, 7) is 12.5. The van der Waals surface area contributed by atoms with Crippen LogP contribution in [-0.4, -0.2) is 64.3 Å². The second kappa shape index (κ2) is 8.70. The van der Waals surface area contributed by atoms with Crippen LogP contribution in [0.15, 0.2) is 24.8 Å². The van der Waals surface area contributed by atoms with E-state index >= 15 is 0 Å². The standard InChI is InChI=1S/C27H33ClN4O3/c1-5-22(34)31-12-19(13-31)29-21(33)14-32-24-16(2)10-18(28)11-20(24)23(25(32)17-6-7-17)26(35)30-9-8-27(3,4)15-30/h5,10-11,17,19H,1,6-9,12-15H2,2-4H3,(H,29,33). The van der Waals surface area contributed by atoms with E-state index in [9.17, 15) is 14.4 Å². The molecule has 0 spiro atoms. The maximum absolute atomic E-state index is 13.9. The second-order valence-corrected chi connectivity index (χ2v) is 11.5. The lowest BCUT2D eigenvalue weighted by Crippen LogP contribution is -2.61. The Morgan fingerprint density at radius 1 is 1.20 bits per heavy atom. The molecule has 186 valence electrons. The zero-order valence-electron chi connectivity index (χ0n) is 20.7. The fraction of sp³-hybridized carbons (Fsp3) is 0.519. The van der Waals surface area contributed by atoms with Gasteiger partial charge in [0.2, 0.25) is 11.8 Å². The fourth-order valence-corrected chi connectivity index (χ4v) is 5.86. The Labute approximate surface area is 211 Å². The van der Waals surface area contributed by atoms with Gasteiger partial charge >= 0.3 is 0 Å². The normalized spacial score (nSPS) is 19.7. The molecule has 35 heavy (non-hydrogen) atoms. The molecule has 2 aliphatic heterocycles. The monoisotopic (exact) mass is 496 g/mol. The van der Waals surface area contributed by atoms with Crippen LogP contribution < -0.4 is 5.32 Å². The van der Waals surface area contributed by atoms with E-state index in [1.807, 2.05) is 28.5 Å². The number of rotatable bonds is 6. The largest absolute Gasteiger partial charge is 0.348 e. The minimum absolute atomic E-state index is 0.0425. The molecule has 1 aromatic heterocycles. The first-order valence-electron chi connectivity index (χ1n) is 12.4. The summed E-state index contributed by atoms with van der Waals surface area (Å²) < 4.78 is 2.05. The van der Waals surface area contributed by atoms with E-state index < -0.39 is 0 Å². The van der Waals surface area contributed by atoms with Gasteiger partial charge in [-0.15, -0.1) is 0 Å². The number of nitrogens with one attached hydrogen (secondary N) is 1. The van der Waals surface area contributed by atoms with Gasteiger partial charge in [-0.05, 0) is 55.4 Å². The molecule has 3 amide bonds. The smallest absolute Gasteiger partial charge is 0.256 e. The molecule has 3 aliphatic rings. The molecular weight excluding hydrogens is 464 g/mol.